The highest BCUT2D eigenvalue weighted by atomic mass is 16.4. The van der Waals surface area contributed by atoms with Crippen LogP contribution >= 0.6 is 0 Å². The van der Waals surface area contributed by atoms with Gasteiger partial charge < -0.3 is 10.2 Å². The molecule has 3 rings (SSSR count). The third-order valence-electron chi connectivity index (χ3n) is 2.91. The fraction of sp³-hybridized carbons (Fsp3) is 0. The number of hydrogen-bond donors (Lipinski definition) is 2. The van der Waals surface area contributed by atoms with E-state index in [1.54, 1.807) is 0 Å². The van der Waals surface area contributed by atoms with Crippen LogP contribution in [0.5, 0.6) is 0 Å². The van der Waals surface area contributed by atoms with Crippen LogP contribution in [0.1, 0.15) is 20.7 Å². The second-order valence-electron chi connectivity index (χ2n) is 4.19. The predicted octanol–water partition coefficient (Wildman–Crippen LogP) is 0.244. The van der Waals surface area contributed by atoms with Gasteiger partial charge in [-0.1, -0.05) is 10.4 Å². The van der Waals surface area contributed by atoms with Gasteiger partial charge in [-0.2, -0.15) is 0 Å². The second-order valence-corrected chi connectivity index (χ2v) is 4.19. The van der Waals surface area contributed by atoms with E-state index in [4.69, 9.17) is 0 Å². The fourth-order valence-corrected chi connectivity index (χ4v) is 1.97. The Morgan fingerprint density at radius 2 is 1.27 bits per heavy atom. The minimum absolute atomic E-state index is 0.167. The van der Waals surface area contributed by atoms with Crippen molar-refractivity contribution < 1.29 is 19.8 Å². The molecule has 0 aliphatic rings. The molecule has 10 nitrogen and oxygen atoms in total. The van der Waals surface area contributed by atoms with Gasteiger partial charge in [-0.15, -0.1) is 10.2 Å². The van der Waals surface area contributed by atoms with E-state index in [-0.39, 0.29) is 22.5 Å². The number of carbonyl (C=O) groups is 2. The van der Waals surface area contributed by atoms with Crippen molar-refractivity contribution in [3.63, 3.8) is 0 Å². The summed E-state index contributed by atoms with van der Waals surface area (Å²) >= 11 is 0. The Balaban J connectivity index is 2.32. The number of aromatic nitrogens is 6. The summed E-state index contributed by atoms with van der Waals surface area (Å²) in [6.45, 7) is 0. The predicted molar refractivity (Wildman–Crippen MR) is 70.2 cm³/mol. The summed E-state index contributed by atoms with van der Waals surface area (Å²) < 4.78 is 2.46. The molecule has 110 valence electrons. The molecule has 3 aromatic rings. The Bertz CT molecular complexity index is 773. The van der Waals surface area contributed by atoms with Crippen LogP contribution in [0.4, 0.5) is 0 Å². The van der Waals surface area contributed by atoms with Crippen molar-refractivity contribution in [2.75, 3.05) is 0 Å². The molecule has 0 unspecified atom stereocenters. The fourth-order valence-electron chi connectivity index (χ4n) is 1.97. The lowest BCUT2D eigenvalue weighted by Crippen LogP contribution is -2.13. The average molecular weight is 300 g/mol. The van der Waals surface area contributed by atoms with Crippen molar-refractivity contribution in [3.05, 3.63) is 48.0 Å². The van der Waals surface area contributed by atoms with Gasteiger partial charge in [-0.05, 0) is 12.1 Å². The molecule has 2 heterocycles. The Morgan fingerprint density at radius 1 is 0.818 bits per heavy atom. The zero-order valence-electron chi connectivity index (χ0n) is 10.9. The standard InChI is InChI=1S/C12H8N6O4/c19-11(20)7-5-8(12(21)22)10(18-4-2-14-16-18)6-9(7)17-3-1-13-15-17/h1-6H,(H,19,20)(H,21,22). The van der Waals surface area contributed by atoms with Crippen molar-refractivity contribution in [3.8, 4) is 11.4 Å². The molecule has 2 aromatic heterocycles. The maximum atomic E-state index is 11.4. The summed E-state index contributed by atoms with van der Waals surface area (Å²) in [5.41, 5.74) is -0.0977. The van der Waals surface area contributed by atoms with E-state index in [1.807, 2.05) is 0 Å². The third-order valence-corrected chi connectivity index (χ3v) is 2.91. The van der Waals surface area contributed by atoms with Gasteiger partial charge in [0, 0.05) is 0 Å². The average Bonchev–Trinajstić information content (AvgIpc) is 3.19. The Kier molecular flexibility index (Phi) is 3.10. The highest BCUT2D eigenvalue weighted by Gasteiger charge is 2.21. The summed E-state index contributed by atoms with van der Waals surface area (Å²) in [4.78, 5) is 22.8. The molecule has 0 amide bonds. The summed E-state index contributed by atoms with van der Waals surface area (Å²) in [5.74, 6) is -2.56. The van der Waals surface area contributed by atoms with E-state index in [1.165, 1.54) is 40.2 Å². The second kappa shape index (κ2) is 5.09. The van der Waals surface area contributed by atoms with Crippen LogP contribution in [0.15, 0.2) is 36.9 Å². The maximum absolute atomic E-state index is 11.4. The normalized spacial score (nSPS) is 10.5. The number of benzene rings is 1. The lowest BCUT2D eigenvalue weighted by molar-refractivity contribution is 0.0695. The molecule has 2 N–H and O–H groups in total. The molecule has 22 heavy (non-hydrogen) atoms. The van der Waals surface area contributed by atoms with E-state index in [9.17, 15) is 19.8 Å². The molecular weight excluding hydrogens is 292 g/mol. The quantitative estimate of drug-likeness (QED) is 0.699. The van der Waals surface area contributed by atoms with Crippen LogP contribution in [0.2, 0.25) is 0 Å². The number of carboxylic acids is 2. The molecule has 1 aromatic carbocycles. The molecular formula is C12H8N6O4. The summed E-state index contributed by atoms with van der Waals surface area (Å²) in [6.07, 6.45) is 5.67. The highest BCUT2D eigenvalue weighted by Crippen LogP contribution is 2.23. The summed E-state index contributed by atoms with van der Waals surface area (Å²) in [7, 11) is 0. The van der Waals surface area contributed by atoms with Crippen LogP contribution in [0.3, 0.4) is 0 Å². The maximum Gasteiger partial charge on any atom is 0.337 e. The van der Waals surface area contributed by atoms with E-state index >= 15 is 0 Å². The molecule has 0 spiro atoms. The number of carboxylic acid groups (broad SMARTS) is 2. The molecule has 0 aliphatic heterocycles. The van der Waals surface area contributed by atoms with Crippen molar-refractivity contribution in [2.24, 2.45) is 0 Å². The van der Waals surface area contributed by atoms with Gasteiger partial charge in [-0.3, -0.25) is 0 Å². The minimum Gasteiger partial charge on any atom is -0.478 e. The largest absolute Gasteiger partial charge is 0.478 e. The van der Waals surface area contributed by atoms with Gasteiger partial charge in [-0.25, -0.2) is 19.0 Å². The first kappa shape index (κ1) is 13.4. The topological polar surface area (TPSA) is 136 Å². The molecule has 0 fully saturated rings. The van der Waals surface area contributed by atoms with Gasteiger partial charge in [0.05, 0.1) is 47.3 Å². The molecule has 0 radical (unpaired) electrons. The molecule has 0 bridgehead atoms. The number of hydrogen-bond acceptors (Lipinski definition) is 6. The SMILES string of the molecule is O=C(O)c1cc(C(=O)O)c(-n2ccnn2)cc1-n1ccnn1. The van der Waals surface area contributed by atoms with E-state index in [0.29, 0.717) is 0 Å². The summed E-state index contributed by atoms with van der Waals surface area (Å²) in [5, 5.41) is 33.3. The molecule has 0 atom stereocenters. The van der Waals surface area contributed by atoms with Gasteiger partial charge in [0.1, 0.15) is 0 Å². The van der Waals surface area contributed by atoms with Crippen LogP contribution in [0.25, 0.3) is 11.4 Å². The van der Waals surface area contributed by atoms with Crippen LogP contribution in [0, 0.1) is 0 Å². The van der Waals surface area contributed by atoms with Gasteiger partial charge >= 0.3 is 11.9 Å². The lowest BCUT2D eigenvalue weighted by atomic mass is 10.1. The smallest absolute Gasteiger partial charge is 0.337 e. The molecule has 0 saturated heterocycles. The van der Waals surface area contributed by atoms with E-state index < -0.39 is 11.9 Å². The third kappa shape index (κ3) is 2.18. The number of rotatable bonds is 4. The lowest BCUT2D eigenvalue weighted by Gasteiger charge is -2.11. The highest BCUT2D eigenvalue weighted by molar-refractivity contribution is 5.99. The molecule has 10 heteroatoms. The zero-order chi connectivity index (χ0) is 15.7. The minimum atomic E-state index is -1.28. The molecule has 0 aliphatic carbocycles. The Morgan fingerprint density at radius 3 is 1.59 bits per heavy atom. The zero-order valence-corrected chi connectivity index (χ0v) is 10.9. The Hall–Kier alpha value is -3.56. The first-order chi connectivity index (χ1) is 10.6. The van der Waals surface area contributed by atoms with Crippen molar-refractivity contribution in [1.29, 1.82) is 0 Å². The van der Waals surface area contributed by atoms with Crippen molar-refractivity contribution in [1.82, 2.24) is 30.0 Å². The summed E-state index contributed by atoms with van der Waals surface area (Å²) in [6, 6.07) is 2.41. The number of aromatic carboxylic acids is 2. The van der Waals surface area contributed by atoms with Crippen LogP contribution in [-0.2, 0) is 0 Å². The first-order valence-electron chi connectivity index (χ1n) is 5.96. The monoisotopic (exact) mass is 300 g/mol. The van der Waals surface area contributed by atoms with Gasteiger partial charge in [0.15, 0.2) is 0 Å². The van der Waals surface area contributed by atoms with Gasteiger partial charge in [0.2, 0.25) is 0 Å². The first-order valence-corrected chi connectivity index (χ1v) is 5.96. The number of nitrogens with zero attached hydrogens (tertiary/aromatic N) is 6. The van der Waals surface area contributed by atoms with Gasteiger partial charge in [0.25, 0.3) is 0 Å². The Labute approximate surface area is 122 Å². The van der Waals surface area contributed by atoms with E-state index in [0.717, 1.165) is 6.07 Å². The van der Waals surface area contributed by atoms with Crippen molar-refractivity contribution >= 4 is 11.9 Å². The van der Waals surface area contributed by atoms with Crippen LogP contribution in [-0.4, -0.2) is 52.1 Å². The van der Waals surface area contributed by atoms with Crippen molar-refractivity contribution in [2.45, 2.75) is 0 Å². The molecule has 0 saturated carbocycles. The van der Waals surface area contributed by atoms with E-state index in [2.05, 4.69) is 20.6 Å². The van der Waals surface area contributed by atoms with Crippen LogP contribution < -0.4 is 0 Å².